The lowest BCUT2D eigenvalue weighted by Crippen LogP contribution is -2.58. The van der Waals surface area contributed by atoms with Crippen LogP contribution in [0.4, 0.5) is 20.2 Å². The van der Waals surface area contributed by atoms with Crippen LogP contribution in [0, 0.1) is 17.6 Å². The Hall–Kier alpha value is -2.18. The van der Waals surface area contributed by atoms with Crippen molar-refractivity contribution in [3.8, 4) is 0 Å². The fourth-order valence-electron chi connectivity index (χ4n) is 4.13. The van der Waals surface area contributed by atoms with E-state index in [9.17, 15) is 18.4 Å². The maximum Gasteiger partial charge on any atom is 0.250 e. The van der Waals surface area contributed by atoms with Crippen molar-refractivity contribution < 1.29 is 18.4 Å². The van der Waals surface area contributed by atoms with Crippen LogP contribution in [0.25, 0.3) is 0 Å². The Morgan fingerprint density at radius 1 is 1.11 bits per heavy atom. The molecule has 1 heterocycles. The standard InChI is InChI=1S/C20H27F2N3O2/c1-13-5-7-20(8-6-13,24-14(2)26)19(27)23-15-11-16(21)18(17(22)12-15)25-9-3-4-10-25/h11-13H,3-10H2,1-2H3,(H,23,27)(H,24,26). The molecule has 0 atom stereocenters. The van der Waals surface area contributed by atoms with Crippen LogP contribution >= 0.6 is 0 Å². The van der Waals surface area contributed by atoms with Crippen LogP contribution in [-0.2, 0) is 9.59 Å². The number of amides is 2. The highest BCUT2D eigenvalue weighted by molar-refractivity contribution is 6.00. The molecule has 0 unspecified atom stereocenters. The third-order valence-electron chi connectivity index (χ3n) is 5.67. The maximum atomic E-state index is 14.5. The van der Waals surface area contributed by atoms with Crippen LogP contribution < -0.4 is 15.5 Å². The van der Waals surface area contributed by atoms with E-state index in [0.29, 0.717) is 31.8 Å². The Labute approximate surface area is 158 Å². The molecule has 1 saturated carbocycles. The van der Waals surface area contributed by atoms with Gasteiger partial charge in [-0.3, -0.25) is 9.59 Å². The summed E-state index contributed by atoms with van der Waals surface area (Å²) in [6, 6.07) is 2.31. The van der Waals surface area contributed by atoms with E-state index >= 15 is 0 Å². The monoisotopic (exact) mass is 379 g/mol. The molecule has 0 aromatic heterocycles. The summed E-state index contributed by atoms with van der Waals surface area (Å²) in [4.78, 5) is 26.2. The van der Waals surface area contributed by atoms with E-state index < -0.39 is 23.1 Å². The third-order valence-corrected chi connectivity index (χ3v) is 5.67. The molecule has 1 aromatic carbocycles. The number of carbonyl (C=O) groups is 2. The first-order valence-corrected chi connectivity index (χ1v) is 9.65. The molecule has 0 radical (unpaired) electrons. The van der Waals surface area contributed by atoms with E-state index in [4.69, 9.17) is 0 Å². The van der Waals surface area contributed by atoms with Gasteiger partial charge < -0.3 is 15.5 Å². The van der Waals surface area contributed by atoms with Gasteiger partial charge in [0.05, 0.1) is 0 Å². The minimum absolute atomic E-state index is 0.0337. The molecule has 1 aliphatic carbocycles. The van der Waals surface area contributed by atoms with Gasteiger partial charge in [-0.05, 0) is 56.6 Å². The quantitative estimate of drug-likeness (QED) is 0.840. The van der Waals surface area contributed by atoms with Crippen LogP contribution in [0.5, 0.6) is 0 Å². The van der Waals surface area contributed by atoms with Crippen molar-refractivity contribution >= 4 is 23.2 Å². The SMILES string of the molecule is CC(=O)NC1(C(=O)Nc2cc(F)c(N3CCCC3)c(F)c2)CCC(C)CC1. The van der Waals surface area contributed by atoms with Gasteiger partial charge in [-0.25, -0.2) is 8.78 Å². The van der Waals surface area contributed by atoms with Gasteiger partial charge >= 0.3 is 0 Å². The van der Waals surface area contributed by atoms with Crippen LogP contribution in [-0.4, -0.2) is 30.4 Å². The number of rotatable bonds is 4. The highest BCUT2D eigenvalue weighted by atomic mass is 19.1. The first kappa shape index (κ1) is 19.6. The summed E-state index contributed by atoms with van der Waals surface area (Å²) in [5.74, 6) is -1.59. The predicted molar refractivity (Wildman–Crippen MR) is 101 cm³/mol. The Morgan fingerprint density at radius 3 is 2.19 bits per heavy atom. The Kier molecular flexibility index (Phi) is 5.67. The summed E-state index contributed by atoms with van der Waals surface area (Å²) < 4.78 is 29.0. The van der Waals surface area contributed by atoms with E-state index in [1.807, 2.05) is 0 Å². The first-order valence-electron chi connectivity index (χ1n) is 9.65. The van der Waals surface area contributed by atoms with Gasteiger partial charge in [0.15, 0.2) is 11.6 Å². The first-order chi connectivity index (χ1) is 12.8. The largest absolute Gasteiger partial charge is 0.367 e. The summed E-state index contributed by atoms with van der Waals surface area (Å²) in [5, 5.41) is 5.39. The molecule has 5 nitrogen and oxygen atoms in total. The van der Waals surface area contributed by atoms with Crippen molar-refractivity contribution in [2.24, 2.45) is 5.92 Å². The number of hydrogen-bond donors (Lipinski definition) is 2. The second kappa shape index (κ2) is 7.82. The summed E-state index contributed by atoms with van der Waals surface area (Å²) in [6.07, 6.45) is 4.46. The van der Waals surface area contributed by atoms with Crippen molar-refractivity contribution in [1.29, 1.82) is 0 Å². The smallest absolute Gasteiger partial charge is 0.250 e. The van der Waals surface area contributed by atoms with Gasteiger partial charge in [0.25, 0.3) is 0 Å². The van der Waals surface area contributed by atoms with Gasteiger partial charge in [0.1, 0.15) is 11.2 Å². The van der Waals surface area contributed by atoms with Crippen LogP contribution in [0.3, 0.4) is 0 Å². The number of hydrogen-bond acceptors (Lipinski definition) is 3. The number of benzene rings is 1. The Morgan fingerprint density at radius 2 is 1.67 bits per heavy atom. The summed E-state index contributed by atoms with van der Waals surface area (Å²) in [6.45, 7) is 4.74. The van der Waals surface area contributed by atoms with Crippen LogP contribution in [0.15, 0.2) is 12.1 Å². The molecular formula is C20H27F2N3O2. The summed E-state index contributed by atoms with van der Waals surface area (Å²) in [5.41, 5.74) is -0.992. The van der Waals surface area contributed by atoms with Gasteiger partial charge in [-0.15, -0.1) is 0 Å². The minimum Gasteiger partial charge on any atom is -0.367 e. The van der Waals surface area contributed by atoms with Crippen molar-refractivity contribution in [3.05, 3.63) is 23.8 Å². The number of nitrogens with one attached hydrogen (secondary N) is 2. The molecule has 27 heavy (non-hydrogen) atoms. The molecule has 2 fully saturated rings. The van der Waals surface area contributed by atoms with Gasteiger partial charge in [-0.1, -0.05) is 6.92 Å². The molecule has 148 valence electrons. The van der Waals surface area contributed by atoms with Gasteiger partial charge in [-0.2, -0.15) is 0 Å². The molecule has 2 aliphatic rings. The zero-order chi connectivity index (χ0) is 19.6. The van der Waals surface area contributed by atoms with E-state index in [1.54, 1.807) is 4.90 Å². The predicted octanol–water partition coefficient (Wildman–Crippen LogP) is 3.59. The average Bonchev–Trinajstić information content (AvgIpc) is 3.10. The topological polar surface area (TPSA) is 61.4 Å². The summed E-state index contributed by atoms with van der Waals surface area (Å²) >= 11 is 0. The molecule has 2 amide bonds. The number of anilines is 2. The van der Waals surface area contributed by atoms with Gasteiger partial charge in [0, 0.05) is 25.7 Å². The van der Waals surface area contributed by atoms with Crippen LogP contribution in [0.1, 0.15) is 52.4 Å². The van der Waals surface area contributed by atoms with Crippen molar-refractivity contribution in [2.45, 2.75) is 57.9 Å². The molecule has 1 aromatic rings. The summed E-state index contributed by atoms with van der Waals surface area (Å²) in [7, 11) is 0. The maximum absolute atomic E-state index is 14.5. The lowest BCUT2D eigenvalue weighted by molar-refractivity contribution is -0.131. The van der Waals surface area contributed by atoms with E-state index in [0.717, 1.165) is 37.8 Å². The second-order valence-electron chi connectivity index (χ2n) is 7.88. The molecular weight excluding hydrogens is 352 g/mol. The molecule has 3 rings (SSSR count). The average molecular weight is 379 g/mol. The lowest BCUT2D eigenvalue weighted by atomic mass is 9.76. The molecule has 1 saturated heterocycles. The second-order valence-corrected chi connectivity index (χ2v) is 7.88. The molecule has 2 N–H and O–H groups in total. The fourth-order valence-corrected chi connectivity index (χ4v) is 4.13. The molecule has 0 bridgehead atoms. The third kappa shape index (κ3) is 4.22. The number of nitrogens with zero attached hydrogens (tertiary/aromatic N) is 1. The molecule has 0 spiro atoms. The van der Waals surface area contributed by atoms with Gasteiger partial charge in [0.2, 0.25) is 11.8 Å². The zero-order valence-corrected chi connectivity index (χ0v) is 15.9. The normalized spacial score (nSPS) is 25.3. The Bertz CT molecular complexity index is 701. The molecule has 1 aliphatic heterocycles. The highest BCUT2D eigenvalue weighted by Crippen LogP contribution is 2.34. The molecule has 7 heteroatoms. The number of carbonyl (C=O) groups excluding carboxylic acids is 2. The highest BCUT2D eigenvalue weighted by Gasteiger charge is 2.42. The van der Waals surface area contributed by atoms with Crippen molar-refractivity contribution in [3.63, 3.8) is 0 Å². The fraction of sp³-hybridized carbons (Fsp3) is 0.600. The lowest BCUT2D eigenvalue weighted by Gasteiger charge is -2.38. The number of halogens is 2. The Balaban J connectivity index is 1.80. The van der Waals surface area contributed by atoms with E-state index in [-0.39, 0.29) is 17.3 Å². The van der Waals surface area contributed by atoms with Crippen molar-refractivity contribution in [2.75, 3.05) is 23.3 Å². The van der Waals surface area contributed by atoms with E-state index in [2.05, 4.69) is 17.6 Å². The van der Waals surface area contributed by atoms with Crippen molar-refractivity contribution in [1.82, 2.24) is 5.32 Å². The minimum atomic E-state index is -1.03. The van der Waals surface area contributed by atoms with Crippen LogP contribution in [0.2, 0.25) is 0 Å². The zero-order valence-electron chi connectivity index (χ0n) is 15.9. The van der Waals surface area contributed by atoms with E-state index in [1.165, 1.54) is 6.92 Å².